The van der Waals surface area contributed by atoms with Crippen molar-refractivity contribution < 1.29 is 48.8 Å². The second-order valence-electron chi connectivity index (χ2n) is 12.5. The summed E-state index contributed by atoms with van der Waals surface area (Å²) in [5, 5.41) is 22.2. The molecule has 0 saturated heterocycles. The van der Waals surface area contributed by atoms with Gasteiger partial charge < -0.3 is 29.3 Å². The topological polar surface area (TPSA) is 98.7 Å². The third-order valence-corrected chi connectivity index (χ3v) is 9.01. The van der Waals surface area contributed by atoms with E-state index in [0.29, 0.717) is 49.4 Å². The molecule has 0 radical (unpaired) electrons. The van der Waals surface area contributed by atoms with Gasteiger partial charge in [-0.15, -0.1) is 0 Å². The Bertz CT molecular complexity index is 1900. The second kappa shape index (κ2) is 20.5. The maximum atomic E-state index is 11.1. The molecule has 7 heteroatoms. The van der Waals surface area contributed by atoms with Gasteiger partial charge >= 0.3 is 19.5 Å². The van der Waals surface area contributed by atoms with E-state index in [2.05, 4.69) is 111 Å². The summed E-state index contributed by atoms with van der Waals surface area (Å²) in [6.45, 7) is 5.21. The quantitative estimate of drug-likeness (QED) is 0.106. The van der Waals surface area contributed by atoms with Gasteiger partial charge in [0.2, 0.25) is 0 Å². The molecule has 0 fully saturated rings. The van der Waals surface area contributed by atoms with E-state index in [1.807, 2.05) is 12.1 Å². The van der Waals surface area contributed by atoms with Gasteiger partial charge in [-0.3, -0.25) is 0 Å². The number of carbonyl (C=O) groups excluding carboxylic acids is 2. The van der Waals surface area contributed by atoms with Crippen LogP contribution < -0.4 is 19.7 Å². The van der Waals surface area contributed by atoms with E-state index < -0.39 is 11.9 Å². The SMILES string of the molecule is CC(c1ccccc1)c1cccc(CCOc2ccccc2C(=O)[O-])c1.CC(c1ccccc1)c1cccc(CCOc2ccccc2C(=O)[O-])c1.[Zn+2]. The Hall–Kier alpha value is -5.52. The van der Waals surface area contributed by atoms with E-state index in [0.717, 1.165) is 11.1 Å². The number of hydrogen-bond acceptors (Lipinski definition) is 6. The number of benzene rings is 6. The van der Waals surface area contributed by atoms with Crippen molar-refractivity contribution >= 4 is 11.9 Å². The molecule has 0 heterocycles. The van der Waals surface area contributed by atoms with Gasteiger partial charge in [-0.25, -0.2) is 0 Å². The van der Waals surface area contributed by atoms with Crippen molar-refractivity contribution in [1.82, 2.24) is 0 Å². The normalized spacial score (nSPS) is 11.5. The molecule has 0 aliphatic carbocycles. The van der Waals surface area contributed by atoms with E-state index in [-0.39, 0.29) is 30.6 Å². The Morgan fingerprint density at radius 2 is 0.811 bits per heavy atom. The minimum absolute atomic E-state index is 0. The fourth-order valence-corrected chi connectivity index (χ4v) is 5.98. The summed E-state index contributed by atoms with van der Waals surface area (Å²) >= 11 is 0. The Morgan fingerprint density at radius 3 is 1.19 bits per heavy atom. The van der Waals surface area contributed by atoms with Crippen LogP contribution in [0.15, 0.2) is 158 Å². The summed E-state index contributed by atoms with van der Waals surface area (Å²) in [6.07, 6.45) is 1.41. The average Bonchev–Trinajstić information content (AvgIpc) is 3.19. The summed E-state index contributed by atoms with van der Waals surface area (Å²) < 4.78 is 11.3. The third kappa shape index (κ3) is 11.7. The molecule has 0 aliphatic heterocycles. The number of para-hydroxylation sites is 2. The Kier molecular flexibility index (Phi) is 15.6. The van der Waals surface area contributed by atoms with E-state index in [9.17, 15) is 19.8 Å². The van der Waals surface area contributed by atoms with Crippen molar-refractivity contribution in [2.45, 2.75) is 38.5 Å². The van der Waals surface area contributed by atoms with Crippen LogP contribution in [0.4, 0.5) is 0 Å². The molecule has 0 bridgehead atoms. The molecule has 0 amide bonds. The van der Waals surface area contributed by atoms with Gasteiger partial charge in [0, 0.05) is 35.8 Å². The number of carboxylic acids is 2. The number of hydrogen-bond donors (Lipinski definition) is 0. The third-order valence-electron chi connectivity index (χ3n) is 9.01. The molecule has 0 spiro atoms. The number of ether oxygens (including phenoxy) is 2. The van der Waals surface area contributed by atoms with Crippen molar-refractivity contribution in [2.75, 3.05) is 13.2 Å². The van der Waals surface area contributed by atoms with Gasteiger partial charge in [-0.1, -0.05) is 147 Å². The van der Waals surface area contributed by atoms with Gasteiger partial charge in [0.25, 0.3) is 0 Å². The summed E-state index contributed by atoms with van der Waals surface area (Å²) in [4.78, 5) is 22.2. The van der Waals surface area contributed by atoms with Crippen LogP contribution in [0, 0.1) is 0 Å². The van der Waals surface area contributed by atoms with Gasteiger partial charge in [0.15, 0.2) is 0 Å². The van der Waals surface area contributed by atoms with Gasteiger partial charge in [-0.2, -0.15) is 0 Å². The maximum Gasteiger partial charge on any atom is 2.00 e. The van der Waals surface area contributed by atoms with E-state index in [1.165, 1.54) is 34.4 Å². The molecule has 2 atom stereocenters. The molecule has 53 heavy (non-hydrogen) atoms. The molecule has 2 unspecified atom stereocenters. The monoisotopic (exact) mass is 754 g/mol. The fraction of sp³-hybridized carbons (Fsp3) is 0.174. The molecule has 0 aliphatic rings. The minimum atomic E-state index is -1.22. The smallest absolute Gasteiger partial charge is 0.545 e. The van der Waals surface area contributed by atoms with Crippen LogP contribution in [-0.2, 0) is 32.3 Å². The molecule has 6 aromatic carbocycles. The number of rotatable bonds is 14. The summed E-state index contributed by atoms with van der Waals surface area (Å²) in [6, 6.07) is 50.8. The summed E-state index contributed by atoms with van der Waals surface area (Å²) in [5.74, 6) is -1.12. The Morgan fingerprint density at radius 1 is 0.472 bits per heavy atom. The first-order chi connectivity index (χ1) is 25.3. The van der Waals surface area contributed by atoms with Gasteiger partial charge in [0.05, 0.1) is 25.2 Å². The fourth-order valence-electron chi connectivity index (χ4n) is 5.98. The van der Waals surface area contributed by atoms with Crippen molar-refractivity contribution in [3.05, 3.63) is 202 Å². The first-order valence-electron chi connectivity index (χ1n) is 17.4. The molecule has 6 nitrogen and oxygen atoms in total. The van der Waals surface area contributed by atoms with Crippen LogP contribution in [-0.4, -0.2) is 25.2 Å². The number of carboxylic acid groups (broad SMARTS) is 2. The van der Waals surface area contributed by atoms with Crippen molar-refractivity contribution in [2.24, 2.45) is 0 Å². The molecular formula is C46H42O6Zn. The number of carbonyl (C=O) groups is 2. The zero-order valence-corrected chi connectivity index (χ0v) is 33.1. The molecule has 6 aromatic rings. The minimum Gasteiger partial charge on any atom is -0.545 e. The van der Waals surface area contributed by atoms with Gasteiger partial charge in [-0.05, 0) is 57.6 Å². The standard InChI is InChI=1S/2C23H22O3.Zn/c2*1-17(19-9-3-2-4-10-19)20-11-7-8-18(16-20)14-15-26-22-13-6-5-12-21(22)23(24)25;/h2*2-13,16-17H,14-15H2,1H3,(H,24,25);/q;;+2/p-2. The average molecular weight is 756 g/mol. The molecule has 264 valence electrons. The Balaban J connectivity index is 0.000000232. The van der Waals surface area contributed by atoms with Crippen molar-refractivity contribution in [3.8, 4) is 11.5 Å². The molecule has 6 rings (SSSR count). The van der Waals surface area contributed by atoms with Crippen LogP contribution in [0.2, 0.25) is 0 Å². The van der Waals surface area contributed by atoms with E-state index in [4.69, 9.17) is 9.47 Å². The van der Waals surface area contributed by atoms with Gasteiger partial charge in [0.1, 0.15) is 11.5 Å². The molecule has 0 N–H and O–H groups in total. The predicted molar refractivity (Wildman–Crippen MR) is 201 cm³/mol. The van der Waals surface area contributed by atoms with E-state index >= 15 is 0 Å². The first-order valence-corrected chi connectivity index (χ1v) is 17.4. The molecule has 0 saturated carbocycles. The van der Waals surface area contributed by atoms with Crippen molar-refractivity contribution in [1.29, 1.82) is 0 Å². The predicted octanol–water partition coefficient (Wildman–Crippen LogP) is 7.64. The first kappa shape index (κ1) is 40.3. The van der Waals surface area contributed by atoms with Crippen LogP contribution in [0.3, 0.4) is 0 Å². The maximum absolute atomic E-state index is 11.1. The van der Waals surface area contributed by atoms with Crippen LogP contribution in [0.25, 0.3) is 0 Å². The summed E-state index contributed by atoms with van der Waals surface area (Å²) in [5.41, 5.74) is 7.56. The largest absolute Gasteiger partial charge is 2.00 e. The Labute approximate surface area is 324 Å². The van der Waals surface area contributed by atoms with Crippen LogP contribution in [0.5, 0.6) is 11.5 Å². The zero-order valence-electron chi connectivity index (χ0n) is 30.2. The van der Waals surface area contributed by atoms with E-state index in [1.54, 1.807) is 36.4 Å². The van der Waals surface area contributed by atoms with Crippen molar-refractivity contribution in [3.63, 3.8) is 0 Å². The summed E-state index contributed by atoms with van der Waals surface area (Å²) in [7, 11) is 0. The molecule has 0 aromatic heterocycles. The zero-order chi connectivity index (χ0) is 36.7. The number of aromatic carboxylic acids is 2. The molecular weight excluding hydrogens is 714 g/mol. The van der Waals surface area contributed by atoms with Crippen LogP contribution >= 0.6 is 0 Å². The second-order valence-corrected chi connectivity index (χ2v) is 12.5. The van der Waals surface area contributed by atoms with Crippen LogP contribution in [0.1, 0.15) is 79.8 Å².